The molecule has 1 N–H and O–H groups in total. The van der Waals surface area contributed by atoms with Crippen molar-refractivity contribution in [3.05, 3.63) is 66.1 Å². The average Bonchev–Trinajstić information content (AvgIpc) is 3.06. The van der Waals surface area contributed by atoms with Crippen molar-refractivity contribution in [3.63, 3.8) is 0 Å². The number of benzene rings is 1. The van der Waals surface area contributed by atoms with E-state index in [9.17, 15) is 8.42 Å². The van der Waals surface area contributed by atoms with Crippen LogP contribution < -0.4 is 4.72 Å². The molecule has 3 aromatic rings. The topological polar surface area (TPSA) is 76.9 Å². The van der Waals surface area contributed by atoms with E-state index in [1.54, 1.807) is 30.1 Å². The van der Waals surface area contributed by atoms with Gasteiger partial charge in [0.15, 0.2) is 0 Å². The number of rotatable bonds is 6. The second-order valence-corrected chi connectivity index (χ2v) is 7.60. The van der Waals surface area contributed by atoms with Gasteiger partial charge in [0.25, 0.3) is 0 Å². The van der Waals surface area contributed by atoms with E-state index in [1.807, 2.05) is 43.5 Å². The highest BCUT2D eigenvalue weighted by Crippen LogP contribution is 2.17. The summed E-state index contributed by atoms with van der Waals surface area (Å²) in [5.74, 6) is 0. The first-order valence-electron chi connectivity index (χ1n) is 7.96. The molecule has 0 radical (unpaired) electrons. The van der Waals surface area contributed by atoms with Crippen LogP contribution in [-0.2, 0) is 16.6 Å². The molecule has 3 rings (SSSR count). The van der Waals surface area contributed by atoms with Crippen molar-refractivity contribution in [1.82, 2.24) is 19.5 Å². The van der Waals surface area contributed by atoms with Crippen LogP contribution in [0.4, 0.5) is 0 Å². The Balaban J connectivity index is 1.65. The molecule has 1 aromatic carbocycles. The molecule has 0 aliphatic heterocycles. The van der Waals surface area contributed by atoms with Gasteiger partial charge >= 0.3 is 0 Å². The van der Waals surface area contributed by atoms with Gasteiger partial charge in [-0.15, -0.1) is 0 Å². The SMILES string of the molecule is Cc1ccc(C)c(S(=O)(=O)NCCn2ccc(-c3ccncc3)n2)c1. The minimum atomic E-state index is -3.53. The molecule has 6 nitrogen and oxygen atoms in total. The maximum Gasteiger partial charge on any atom is 0.240 e. The van der Waals surface area contributed by atoms with Crippen LogP contribution in [0.2, 0.25) is 0 Å². The van der Waals surface area contributed by atoms with Gasteiger partial charge in [-0.05, 0) is 49.2 Å². The standard InChI is InChI=1S/C18H20N4O2S/c1-14-3-4-15(2)18(13-14)25(23,24)20-10-12-22-11-7-17(21-22)16-5-8-19-9-6-16/h3-9,11,13,20H,10,12H2,1-2H3. The minimum absolute atomic E-state index is 0.271. The Labute approximate surface area is 147 Å². The molecule has 0 aliphatic carbocycles. The fourth-order valence-corrected chi connectivity index (χ4v) is 3.88. The van der Waals surface area contributed by atoms with Crippen LogP contribution in [0.3, 0.4) is 0 Å². The number of hydrogen-bond donors (Lipinski definition) is 1. The van der Waals surface area contributed by atoms with Crippen molar-refractivity contribution >= 4 is 10.0 Å². The number of sulfonamides is 1. The number of hydrogen-bond acceptors (Lipinski definition) is 4. The molecule has 0 atom stereocenters. The predicted octanol–water partition coefficient (Wildman–Crippen LogP) is 2.54. The van der Waals surface area contributed by atoms with Gasteiger partial charge in [-0.25, -0.2) is 13.1 Å². The van der Waals surface area contributed by atoms with Crippen molar-refractivity contribution in [2.45, 2.75) is 25.3 Å². The number of aryl methyl sites for hydroxylation is 2. The van der Waals surface area contributed by atoms with Crippen LogP contribution in [0.25, 0.3) is 11.3 Å². The molecule has 7 heteroatoms. The minimum Gasteiger partial charge on any atom is -0.271 e. The quantitative estimate of drug-likeness (QED) is 0.736. The lowest BCUT2D eigenvalue weighted by Gasteiger charge is -2.10. The predicted molar refractivity (Wildman–Crippen MR) is 96.6 cm³/mol. The zero-order valence-electron chi connectivity index (χ0n) is 14.2. The second-order valence-electron chi connectivity index (χ2n) is 5.87. The summed E-state index contributed by atoms with van der Waals surface area (Å²) in [5, 5.41) is 4.46. The Bertz CT molecular complexity index is 966. The third-order valence-electron chi connectivity index (χ3n) is 3.88. The zero-order valence-corrected chi connectivity index (χ0v) is 15.0. The number of nitrogens with one attached hydrogen (secondary N) is 1. The lowest BCUT2D eigenvalue weighted by molar-refractivity contribution is 0.561. The van der Waals surface area contributed by atoms with Gasteiger partial charge in [-0.1, -0.05) is 12.1 Å². The summed E-state index contributed by atoms with van der Waals surface area (Å²) >= 11 is 0. The fraction of sp³-hybridized carbons (Fsp3) is 0.222. The first kappa shape index (κ1) is 17.3. The molecular formula is C18H20N4O2S. The van der Waals surface area contributed by atoms with Crippen LogP contribution in [0.15, 0.2) is 59.9 Å². The first-order valence-corrected chi connectivity index (χ1v) is 9.45. The normalized spacial score (nSPS) is 11.6. The molecule has 0 saturated heterocycles. The van der Waals surface area contributed by atoms with E-state index in [-0.39, 0.29) is 6.54 Å². The van der Waals surface area contributed by atoms with Crippen LogP contribution in [-0.4, -0.2) is 29.7 Å². The molecule has 2 aromatic heterocycles. The van der Waals surface area contributed by atoms with E-state index >= 15 is 0 Å². The molecule has 0 fully saturated rings. The van der Waals surface area contributed by atoms with Crippen LogP contribution in [0.5, 0.6) is 0 Å². The van der Waals surface area contributed by atoms with E-state index < -0.39 is 10.0 Å². The molecule has 0 amide bonds. The van der Waals surface area contributed by atoms with Crippen LogP contribution in [0, 0.1) is 13.8 Å². The number of pyridine rings is 1. The monoisotopic (exact) mass is 356 g/mol. The smallest absolute Gasteiger partial charge is 0.240 e. The van der Waals surface area contributed by atoms with Gasteiger partial charge in [0.05, 0.1) is 17.1 Å². The van der Waals surface area contributed by atoms with Gasteiger partial charge in [0, 0.05) is 30.7 Å². The molecule has 0 saturated carbocycles. The molecule has 25 heavy (non-hydrogen) atoms. The Morgan fingerprint density at radius 1 is 1.08 bits per heavy atom. The third-order valence-corrected chi connectivity index (χ3v) is 5.49. The van der Waals surface area contributed by atoms with Crippen molar-refractivity contribution in [2.24, 2.45) is 0 Å². The molecule has 0 bridgehead atoms. The lowest BCUT2D eigenvalue weighted by atomic mass is 10.2. The van der Waals surface area contributed by atoms with Crippen LogP contribution >= 0.6 is 0 Å². The fourth-order valence-electron chi connectivity index (χ4n) is 2.53. The van der Waals surface area contributed by atoms with Gasteiger partial charge in [0.2, 0.25) is 10.0 Å². The Morgan fingerprint density at radius 3 is 2.60 bits per heavy atom. The highest BCUT2D eigenvalue weighted by molar-refractivity contribution is 7.89. The second kappa shape index (κ2) is 7.16. The molecular weight excluding hydrogens is 336 g/mol. The van der Waals surface area contributed by atoms with Crippen molar-refractivity contribution in [1.29, 1.82) is 0 Å². The molecule has 130 valence electrons. The number of aromatic nitrogens is 3. The summed E-state index contributed by atoms with van der Waals surface area (Å²) in [6, 6.07) is 11.1. The van der Waals surface area contributed by atoms with Crippen LogP contribution in [0.1, 0.15) is 11.1 Å². The van der Waals surface area contributed by atoms with Crippen molar-refractivity contribution < 1.29 is 8.42 Å². The molecule has 0 spiro atoms. The summed E-state index contributed by atoms with van der Waals surface area (Å²) in [7, 11) is -3.53. The summed E-state index contributed by atoms with van der Waals surface area (Å²) in [6.07, 6.45) is 5.27. The van der Waals surface area contributed by atoms with E-state index in [2.05, 4.69) is 14.8 Å². The van der Waals surface area contributed by atoms with E-state index in [1.165, 1.54) is 0 Å². The maximum absolute atomic E-state index is 12.5. The van der Waals surface area contributed by atoms with Gasteiger partial charge in [0.1, 0.15) is 0 Å². The molecule has 0 unspecified atom stereocenters. The Kier molecular flexibility index (Phi) is 4.96. The summed E-state index contributed by atoms with van der Waals surface area (Å²) < 4.78 is 29.3. The van der Waals surface area contributed by atoms with Gasteiger partial charge < -0.3 is 0 Å². The highest BCUT2D eigenvalue weighted by Gasteiger charge is 2.16. The highest BCUT2D eigenvalue weighted by atomic mass is 32.2. The average molecular weight is 356 g/mol. The van der Waals surface area contributed by atoms with Gasteiger partial charge in [-0.2, -0.15) is 5.10 Å². The summed E-state index contributed by atoms with van der Waals surface area (Å²) in [5.41, 5.74) is 3.46. The zero-order chi connectivity index (χ0) is 17.9. The van der Waals surface area contributed by atoms with E-state index in [0.717, 1.165) is 22.4 Å². The van der Waals surface area contributed by atoms with Crippen molar-refractivity contribution in [2.75, 3.05) is 6.54 Å². The first-order chi connectivity index (χ1) is 12.0. The van der Waals surface area contributed by atoms with Gasteiger partial charge in [-0.3, -0.25) is 9.67 Å². The summed E-state index contributed by atoms with van der Waals surface area (Å²) in [6.45, 7) is 4.40. The largest absolute Gasteiger partial charge is 0.271 e. The molecule has 2 heterocycles. The third kappa shape index (κ3) is 4.12. The lowest BCUT2D eigenvalue weighted by Crippen LogP contribution is -2.28. The molecule has 0 aliphatic rings. The Hall–Kier alpha value is -2.51. The summed E-state index contributed by atoms with van der Waals surface area (Å²) in [4.78, 5) is 4.31. The van der Waals surface area contributed by atoms with Crippen molar-refractivity contribution in [3.8, 4) is 11.3 Å². The van der Waals surface area contributed by atoms with E-state index in [0.29, 0.717) is 11.4 Å². The van der Waals surface area contributed by atoms with E-state index in [4.69, 9.17) is 0 Å². The number of nitrogens with zero attached hydrogens (tertiary/aromatic N) is 3. The maximum atomic E-state index is 12.5. The Morgan fingerprint density at radius 2 is 1.84 bits per heavy atom.